The predicted octanol–water partition coefficient (Wildman–Crippen LogP) is 3.51. The van der Waals surface area contributed by atoms with Gasteiger partial charge in [0.15, 0.2) is 0 Å². The summed E-state index contributed by atoms with van der Waals surface area (Å²) in [4.78, 5) is 33.0. The number of methoxy groups -OCH3 is 1. The van der Waals surface area contributed by atoms with Crippen LogP contribution < -0.4 is 11.1 Å². The van der Waals surface area contributed by atoms with Crippen LogP contribution in [-0.4, -0.2) is 35.5 Å². The SMILES string of the molecule is COC(=O)c1ccc2[nH]c([C@H](Cc3ccccc3)NC(=O)[C@H]3CC[C@H](CN)CC3)nc2c1. The number of ether oxygens (including phenoxy) is 1. The van der Waals surface area contributed by atoms with E-state index < -0.39 is 5.97 Å². The lowest BCUT2D eigenvalue weighted by Gasteiger charge is -2.28. The van der Waals surface area contributed by atoms with Crippen LogP contribution in [0.4, 0.5) is 0 Å². The molecule has 7 nitrogen and oxygen atoms in total. The highest BCUT2D eigenvalue weighted by Gasteiger charge is 2.28. The fourth-order valence-corrected chi connectivity index (χ4v) is 4.45. The van der Waals surface area contributed by atoms with Crippen molar-refractivity contribution < 1.29 is 14.3 Å². The molecule has 1 saturated carbocycles. The number of benzene rings is 2. The van der Waals surface area contributed by atoms with Crippen LogP contribution in [0.1, 0.15) is 53.5 Å². The number of hydrogen-bond donors (Lipinski definition) is 3. The number of imidazole rings is 1. The van der Waals surface area contributed by atoms with Crippen molar-refractivity contribution in [3.05, 3.63) is 65.5 Å². The van der Waals surface area contributed by atoms with Gasteiger partial charge in [-0.25, -0.2) is 9.78 Å². The van der Waals surface area contributed by atoms with Crippen LogP contribution in [0, 0.1) is 11.8 Å². The average molecular weight is 435 g/mol. The number of nitrogens with zero attached hydrogens (tertiary/aromatic N) is 1. The summed E-state index contributed by atoms with van der Waals surface area (Å²) in [5, 5.41) is 3.24. The van der Waals surface area contributed by atoms with Crippen LogP contribution in [0.5, 0.6) is 0 Å². The number of carbonyl (C=O) groups is 2. The highest BCUT2D eigenvalue weighted by atomic mass is 16.5. The van der Waals surface area contributed by atoms with Gasteiger partial charge < -0.3 is 20.8 Å². The molecule has 168 valence electrons. The summed E-state index contributed by atoms with van der Waals surface area (Å²) < 4.78 is 4.81. The summed E-state index contributed by atoms with van der Waals surface area (Å²) in [5.41, 5.74) is 8.83. The zero-order valence-corrected chi connectivity index (χ0v) is 18.3. The summed E-state index contributed by atoms with van der Waals surface area (Å²) >= 11 is 0. The first kappa shape index (κ1) is 22.0. The first-order valence-electron chi connectivity index (χ1n) is 11.2. The molecule has 1 aliphatic carbocycles. The van der Waals surface area contributed by atoms with Crippen LogP contribution in [0.2, 0.25) is 0 Å². The number of rotatable bonds is 7. The molecule has 1 fully saturated rings. The molecule has 0 aliphatic heterocycles. The highest BCUT2D eigenvalue weighted by molar-refractivity contribution is 5.93. The molecule has 1 aromatic heterocycles. The molecule has 4 N–H and O–H groups in total. The van der Waals surface area contributed by atoms with Gasteiger partial charge in [0.25, 0.3) is 0 Å². The number of aromatic amines is 1. The van der Waals surface area contributed by atoms with Crippen molar-refractivity contribution >= 4 is 22.9 Å². The average Bonchev–Trinajstić information content (AvgIpc) is 3.27. The van der Waals surface area contributed by atoms with Gasteiger partial charge >= 0.3 is 5.97 Å². The van der Waals surface area contributed by atoms with Crippen LogP contribution in [0.3, 0.4) is 0 Å². The van der Waals surface area contributed by atoms with E-state index in [1.807, 2.05) is 36.4 Å². The summed E-state index contributed by atoms with van der Waals surface area (Å²) in [7, 11) is 1.36. The van der Waals surface area contributed by atoms with Gasteiger partial charge in [-0.1, -0.05) is 30.3 Å². The number of nitrogens with one attached hydrogen (secondary N) is 2. The Morgan fingerprint density at radius 1 is 1.16 bits per heavy atom. The lowest BCUT2D eigenvalue weighted by atomic mass is 9.81. The van der Waals surface area contributed by atoms with Gasteiger partial charge in [0, 0.05) is 5.92 Å². The van der Waals surface area contributed by atoms with Crippen LogP contribution in [0.25, 0.3) is 11.0 Å². The standard InChI is InChI=1S/C25H30N4O3/c1-32-25(31)19-11-12-20-21(14-19)28-23(27-20)22(13-16-5-3-2-4-6-16)29-24(30)18-9-7-17(15-26)8-10-18/h2-6,11-12,14,17-18,22H,7-10,13,15,26H2,1H3,(H,27,28)(H,29,30)/t17-,18-,22-/m0/s1. The third-order valence-electron chi connectivity index (χ3n) is 6.40. The van der Waals surface area contributed by atoms with Crippen molar-refractivity contribution in [3.63, 3.8) is 0 Å². The van der Waals surface area contributed by atoms with Gasteiger partial charge in [-0.05, 0) is 68.3 Å². The number of H-pyrrole nitrogens is 1. The molecule has 4 rings (SSSR count). The van der Waals surface area contributed by atoms with E-state index in [1.165, 1.54) is 7.11 Å². The highest BCUT2D eigenvalue weighted by Crippen LogP contribution is 2.29. The molecule has 1 amide bonds. The van der Waals surface area contributed by atoms with E-state index in [0.29, 0.717) is 35.8 Å². The van der Waals surface area contributed by atoms with E-state index in [1.54, 1.807) is 12.1 Å². The van der Waals surface area contributed by atoms with Gasteiger partial charge in [0.1, 0.15) is 5.82 Å². The molecular weight excluding hydrogens is 404 g/mol. The Morgan fingerprint density at radius 3 is 2.59 bits per heavy atom. The minimum absolute atomic E-state index is 0.00591. The maximum atomic E-state index is 13.1. The molecule has 2 aromatic carbocycles. The molecule has 0 bridgehead atoms. The van der Waals surface area contributed by atoms with Gasteiger partial charge in [0.05, 0.1) is 29.7 Å². The summed E-state index contributed by atoms with van der Waals surface area (Å²) in [6, 6.07) is 15.0. The van der Waals surface area contributed by atoms with E-state index in [-0.39, 0.29) is 17.9 Å². The van der Waals surface area contributed by atoms with Crippen molar-refractivity contribution in [3.8, 4) is 0 Å². The number of fused-ring (bicyclic) bond motifs is 1. The third kappa shape index (κ3) is 4.99. The van der Waals surface area contributed by atoms with Gasteiger partial charge in [-0.15, -0.1) is 0 Å². The predicted molar refractivity (Wildman–Crippen MR) is 123 cm³/mol. The summed E-state index contributed by atoms with van der Waals surface area (Å²) in [6.07, 6.45) is 4.36. The van der Waals surface area contributed by atoms with Gasteiger partial charge in [-0.2, -0.15) is 0 Å². The molecule has 32 heavy (non-hydrogen) atoms. The Hall–Kier alpha value is -3.19. The van der Waals surface area contributed by atoms with Crippen LogP contribution >= 0.6 is 0 Å². The number of hydrogen-bond acceptors (Lipinski definition) is 5. The van der Waals surface area contributed by atoms with Crippen molar-refractivity contribution in [2.24, 2.45) is 17.6 Å². The molecular formula is C25H30N4O3. The number of esters is 1. The zero-order chi connectivity index (χ0) is 22.5. The molecule has 0 spiro atoms. The number of aromatic nitrogens is 2. The number of amides is 1. The normalized spacial score (nSPS) is 19.4. The smallest absolute Gasteiger partial charge is 0.337 e. The second-order valence-corrected chi connectivity index (χ2v) is 8.55. The first-order valence-corrected chi connectivity index (χ1v) is 11.2. The lowest BCUT2D eigenvalue weighted by Crippen LogP contribution is -2.37. The first-order chi connectivity index (χ1) is 15.6. The monoisotopic (exact) mass is 434 g/mol. The van der Waals surface area contributed by atoms with Crippen molar-refractivity contribution in [1.82, 2.24) is 15.3 Å². The molecule has 1 heterocycles. The molecule has 1 atom stereocenters. The Morgan fingerprint density at radius 2 is 1.91 bits per heavy atom. The largest absolute Gasteiger partial charge is 0.465 e. The van der Waals surface area contributed by atoms with Crippen LogP contribution in [0.15, 0.2) is 48.5 Å². The Balaban J connectivity index is 1.58. The maximum absolute atomic E-state index is 13.1. The minimum Gasteiger partial charge on any atom is -0.465 e. The van der Waals surface area contributed by atoms with Gasteiger partial charge in [0.2, 0.25) is 5.91 Å². The second-order valence-electron chi connectivity index (χ2n) is 8.55. The van der Waals surface area contributed by atoms with Gasteiger partial charge in [-0.3, -0.25) is 4.79 Å². The molecule has 0 radical (unpaired) electrons. The van der Waals surface area contributed by atoms with Crippen molar-refractivity contribution in [2.75, 3.05) is 13.7 Å². The number of carbonyl (C=O) groups excluding carboxylic acids is 2. The maximum Gasteiger partial charge on any atom is 0.337 e. The third-order valence-corrected chi connectivity index (χ3v) is 6.40. The molecule has 0 saturated heterocycles. The molecule has 3 aromatic rings. The molecule has 1 aliphatic rings. The fraction of sp³-hybridized carbons (Fsp3) is 0.400. The Bertz CT molecular complexity index is 1070. The Labute approximate surface area is 187 Å². The van der Waals surface area contributed by atoms with Crippen molar-refractivity contribution in [1.29, 1.82) is 0 Å². The van der Waals surface area contributed by atoms with E-state index in [4.69, 9.17) is 15.5 Å². The lowest BCUT2D eigenvalue weighted by molar-refractivity contribution is -0.127. The quantitative estimate of drug-likeness (QED) is 0.493. The summed E-state index contributed by atoms with van der Waals surface area (Å²) in [5.74, 6) is 0.871. The summed E-state index contributed by atoms with van der Waals surface area (Å²) in [6.45, 7) is 0.692. The topological polar surface area (TPSA) is 110 Å². The van der Waals surface area contributed by atoms with Crippen molar-refractivity contribution in [2.45, 2.75) is 38.1 Å². The molecule has 7 heteroatoms. The van der Waals surface area contributed by atoms with Crippen LogP contribution in [-0.2, 0) is 16.0 Å². The van der Waals surface area contributed by atoms with E-state index in [9.17, 15) is 9.59 Å². The van der Waals surface area contributed by atoms with E-state index in [2.05, 4.69) is 10.3 Å². The van der Waals surface area contributed by atoms with E-state index >= 15 is 0 Å². The van der Waals surface area contributed by atoms with E-state index in [0.717, 1.165) is 36.8 Å². The Kier molecular flexibility index (Phi) is 6.85. The minimum atomic E-state index is -0.404. The fourth-order valence-electron chi connectivity index (χ4n) is 4.45. The molecule has 0 unspecified atom stereocenters. The second kappa shape index (κ2) is 9.96. The number of nitrogens with two attached hydrogens (primary N) is 1. The zero-order valence-electron chi connectivity index (χ0n) is 18.3.